The van der Waals surface area contributed by atoms with E-state index >= 15 is 0 Å². The lowest BCUT2D eigenvalue weighted by Crippen LogP contribution is -1.96. The van der Waals surface area contributed by atoms with E-state index < -0.39 is 5.97 Å². The number of aryl methyl sites for hydroxylation is 1. The first-order valence-electron chi connectivity index (χ1n) is 4.01. The zero-order valence-corrected chi connectivity index (χ0v) is 8.26. The second kappa shape index (κ2) is 2.95. The molecule has 1 heterocycles. The number of aromatic carboxylic acids is 1. The molecule has 0 atom stereocenters. The topological polar surface area (TPSA) is 58.0 Å². The van der Waals surface area contributed by atoms with Gasteiger partial charge in [0.2, 0.25) is 0 Å². The molecule has 0 aliphatic rings. The minimum Gasteiger partial charge on any atom is -0.478 e. The lowest BCUT2D eigenvalue weighted by molar-refractivity contribution is 0.0697. The van der Waals surface area contributed by atoms with Crippen LogP contribution in [0.15, 0.2) is 18.2 Å². The van der Waals surface area contributed by atoms with Gasteiger partial charge in [0.15, 0.2) is 4.77 Å². The fourth-order valence-corrected chi connectivity index (χ4v) is 1.56. The number of imidazole rings is 1. The average molecular weight is 208 g/mol. The number of carboxylic acid groups (broad SMARTS) is 1. The van der Waals surface area contributed by atoms with Crippen LogP contribution in [0.1, 0.15) is 10.4 Å². The van der Waals surface area contributed by atoms with Gasteiger partial charge in [0.25, 0.3) is 0 Å². The van der Waals surface area contributed by atoms with Gasteiger partial charge in [0, 0.05) is 7.05 Å². The number of carboxylic acids is 1. The molecule has 0 radical (unpaired) electrons. The standard InChI is InChI=1S/C9H8N2O2S/c1-11-7-4-5(8(12)13)2-3-6(7)10-9(11)14/h2-4H,1H3,(H,10,14)(H,12,13). The minimum atomic E-state index is -0.931. The van der Waals surface area contributed by atoms with Crippen molar-refractivity contribution in [2.75, 3.05) is 0 Å². The third kappa shape index (κ3) is 1.22. The fourth-order valence-electron chi connectivity index (χ4n) is 1.36. The molecular weight excluding hydrogens is 200 g/mol. The van der Waals surface area contributed by atoms with Crippen LogP contribution in [0.25, 0.3) is 11.0 Å². The van der Waals surface area contributed by atoms with Crippen LogP contribution in [-0.2, 0) is 7.05 Å². The van der Waals surface area contributed by atoms with Crippen molar-refractivity contribution < 1.29 is 9.90 Å². The SMILES string of the molecule is Cn1c(=S)[nH]c2ccc(C(=O)O)cc21. The number of H-pyrrole nitrogens is 1. The summed E-state index contributed by atoms with van der Waals surface area (Å²) in [7, 11) is 1.80. The molecule has 1 aromatic carbocycles. The van der Waals surface area contributed by atoms with E-state index in [1.165, 1.54) is 0 Å². The van der Waals surface area contributed by atoms with Gasteiger partial charge < -0.3 is 14.7 Å². The van der Waals surface area contributed by atoms with Gasteiger partial charge in [0.05, 0.1) is 16.6 Å². The van der Waals surface area contributed by atoms with Gasteiger partial charge in [0.1, 0.15) is 0 Å². The zero-order chi connectivity index (χ0) is 10.3. The molecular formula is C9H8N2O2S. The molecule has 0 spiro atoms. The molecule has 0 unspecified atom stereocenters. The number of nitrogens with one attached hydrogen (secondary N) is 1. The molecule has 0 bridgehead atoms. The molecule has 2 aromatic rings. The number of fused-ring (bicyclic) bond motifs is 1. The Kier molecular flexibility index (Phi) is 1.89. The predicted octanol–water partition coefficient (Wildman–Crippen LogP) is 1.93. The maximum atomic E-state index is 10.7. The molecule has 0 aliphatic carbocycles. The molecule has 1 aromatic heterocycles. The van der Waals surface area contributed by atoms with Crippen molar-refractivity contribution in [2.45, 2.75) is 0 Å². The summed E-state index contributed by atoms with van der Waals surface area (Å²) in [6.45, 7) is 0. The van der Waals surface area contributed by atoms with E-state index in [2.05, 4.69) is 4.98 Å². The summed E-state index contributed by atoms with van der Waals surface area (Å²) in [5.74, 6) is -0.931. The summed E-state index contributed by atoms with van der Waals surface area (Å²) < 4.78 is 2.33. The van der Waals surface area contributed by atoms with Gasteiger partial charge in [-0.3, -0.25) is 0 Å². The van der Waals surface area contributed by atoms with Gasteiger partial charge >= 0.3 is 5.97 Å². The second-order valence-electron chi connectivity index (χ2n) is 3.03. The number of nitrogens with zero attached hydrogens (tertiary/aromatic N) is 1. The Hall–Kier alpha value is -1.62. The highest BCUT2D eigenvalue weighted by Gasteiger charge is 2.06. The van der Waals surface area contributed by atoms with E-state index in [1.807, 2.05) is 0 Å². The number of carbonyl (C=O) groups is 1. The Morgan fingerprint density at radius 2 is 2.29 bits per heavy atom. The summed E-state index contributed by atoms with van der Waals surface area (Å²) in [6.07, 6.45) is 0. The quantitative estimate of drug-likeness (QED) is 0.704. The number of benzene rings is 1. The lowest BCUT2D eigenvalue weighted by Gasteiger charge is -1.96. The van der Waals surface area contributed by atoms with Crippen molar-refractivity contribution in [2.24, 2.45) is 7.05 Å². The van der Waals surface area contributed by atoms with Crippen LogP contribution in [0.2, 0.25) is 0 Å². The van der Waals surface area contributed by atoms with Gasteiger partial charge in [-0.15, -0.1) is 0 Å². The molecule has 0 saturated carbocycles. The van der Waals surface area contributed by atoms with E-state index in [0.29, 0.717) is 4.77 Å². The maximum absolute atomic E-state index is 10.7. The van der Waals surface area contributed by atoms with Gasteiger partial charge in [-0.05, 0) is 30.4 Å². The number of aromatic nitrogens is 2. The Labute approximate surface area is 84.8 Å². The van der Waals surface area contributed by atoms with E-state index in [-0.39, 0.29) is 5.56 Å². The summed E-state index contributed by atoms with van der Waals surface area (Å²) >= 11 is 5.02. The highest BCUT2D eigenvalue weighted by Crippen LogP contribution is 2.14. The van der Waals surface area contributed by atoms with Crippen LogP contribution in [0, 0.1) is 4.77 Å². The van der Waals surface area contributed by atoms with E-state index in [1.54, 1.807) is 29.8 Å². The van der Waals surface area contributed by atoms with Crippen molar-refractivity contribution in [1.82, 2.24) is 9.55 Å². The molecule has 0 fully saturated rings. The summed E-state index contributed by atoms with van der Waals surface area (Å²) in [4.78, 5) is 13.7. The maximum Gasteiger partial charge on any atom is 0.335 e. The summed E-state index contributed by atoms with van der Waals surface area (Å²) in [5, 5.41) is 8.80. The Morgan fingerprint density at radius 1 is 1.57 bits per heavy atom. The first kappa shape index (κ1) is 8.96. The van der Waals surface area contributed by atoms with Crippen molar-refractivity contribution in [1.29, 1.82) is 0 Å². The van der Waals surface area contributed by atoms with Crippen LogP contribution >= 0.6 is 12.2 Å². The molecule has 72 valence electrons. The Bertz CT molecular complexity index is 568. The predicted molar refractivity (Wildman–Crippen MR) is 55.1 cm³/mol. The van der Waals surface area contributed by atoms with Crippen LogP contribution in [0.4, 0.5) is 0 Å². The summed E-state index contributed by atoms with van der Waals surface area (Å²) in [6, 6.07) is 4.87. The third-order valence-corrected chi connectivity index (χ3v) is 2.53. The van der Waals surface area contributed by atoms with Crippen molar-refractivity contribution in [3.05, 3.63) is 28.5 Å². The number of aromatic amines is 1. The smallest absolute Gasteiger partial charge is 0.335 e. The molecule has 5 heteroatoms. The van der Waals surface area contributed by atoms with E-state index in [9.17, 15) is 4.79 Å². The Balaban J connectivity index is 2.82. The molecule has 0 saturated heterocycles. The number of rotatable bonds is 1. The minimum absolute atomic E-state index is 0.266. The highest BCUT2D eigenvalue weighted by molar-refractivity contribution is 7.71. The normalized spacial score (nSPS) is 10.6. The molecule has 0 amide bonds. The van der Waals surface area contributed by atoms with Crippen molar-refractivity contribution in [3.63, 3.8) is 0 Å². The number of hydrogen-bond acceptors (Lipinski definition) is 2. The zero-order valence-electron chi connectivity index (χ0n) is 7.44. The van der Waals surface area contributed by atoms with E-state index in [4.69, 9.17) is 17.3 Å². The van der Waals surface area contributed by atoms with Crippen LogP contribution in [-0.4, -0.2) is 20.6 Å². The molecule has 0 aliphatic heterocycles. The first-order chi connectivity index (χ1) is 6.59. The van der Waals surface area contributed by atoms with E-state index in [0.717, 1.165) is 11.0 Å². The third-order valence-electron chi connectivity index (χ3n) is 2.15. The van der Waals surface area contributed by atoms with Gasteiger partial charge in [-0.25, -0.2) is 4.79 Å². The first-order valence-corrected chi connectivity index (χ1v) is 4.42. The van der Waals surface area contributed by atoms with Crippen molar-refractivity contribution in [3.8, 4) is 0 Å². The fraction of sp³-hybridized carbons (Fsp3) is 0.111. The largest absolute Gasteiger partial charge is 0.478 e. The summed E-state index contributed by atoms with van der Waals surface area (Å²) in [5.41, 5.74) is 1.92. The highest BCUT2D eigenvalue weighted by atomic mass is 32.1. The monoisotopic (exact) mass is 208 g/mol. The van der Waals surface area contributed by atoms with Crippen LogP contribution in [0.3, 0.4) is 0 Å². The van der Waals surface area contributed by atoms with Gasteiger partial charge in [-0.1, -0.05) is 0 Å². The molecule has 2 N–H and O–H groups in total. The second-order valence-corrected chi connectivity index (χ2v) is 3.41. The molecule has 14 heavy (non-hydrogen) atoms. The Morgan fingerprint density at radius 3 is 2.93 bits per heavy atom. The van der Waals surface area contributed by atoms with Gasteiger partial charge in [-0.2, -0.15) is 0 Å². The molecule has 4 nitrogen and oxygen atoms in total. The van der Waals surface area contributed by atoms with Crippen LogP contribution in [0.5, 0.6) is 0 Å². The molecule has 2 rings (SSSR count). The van der Waals surface area contributed by atoms with Crippen molar-refractivity contribution >= 4 is 29.2 Å². The average Bonchev–Trinajstić information content (AvgIpc) is 2.43. The van der Waals surface area contributed by atoms with Crippen LogP contribution < -0.4 is 0 Å². The number of hydrogen-bond donors (Lipinski definition) is 2. The lowest BCUT2D eigenvalue weighted by atomic mass is 10.2.